The van der Waals surface area contributed by atoms with Gasteiger partial charge in [0.1, 0.15) is 17.7 Å². The maximum absolute atomic E-state index is 13.9. The zero-order valence-corrected chi connectivity index (χ0v) is 22.5. The van der Waals surface area contributed by atoms with Crippen LogP contribution in [0.25, 0.3) is 0 Å². The second-order valence-corrected chi connectivity index (χ2v) is 10.4. The highest BCUT2D eigenvalue weighted by Crippen LogP contribution is 2.25. The SMILES string of the molecule is CCCC(C)NC(=O)C(c1cccc(C)c1)N(CCC)C(=O)C(NC(=O)OC(C)(C)C)C(C)C. The third-order valence-electron chi connectivity index (χ3n) is 5.38. The predicted octanol–water partition coefficient (Wildman–Crippen LogP) is 5.13. The maximum atomic E-state index is 13.9. The Morgan fingerprint density at radius 3 is 2.18 bits per heavy atom. The molecule has 0 spiro atoms. The van der Waals surface area contributed by atoms with Gasteiger partial charge in [0.2, 0.25) is 11.8 Å². The van der Waals surface area contributed by atoms with E-state index in [0.29, 0.717) is 13.0 Å². The first-order chi connectivity index (χ1) is 15.8. The van der Waals surface area contributed by atoms with E-state index < -0.39 is 23.8 Å². The van der Waals surface area contributed by atoms with Crippen LogP contribution in [0.5, 0.6) is 0 Å². The molecule has 0 fully saturated rings. The Hall–Kier alpha value is -2.57. The number of alkyl carbamates (subject to hydrolysis) is 1. The summed E-state index contributed by atoms with van der Waals surface area (Å²) in [7, 11) is 0. The van der Waals surface area contributed by atoms with Gasteiger partial charge in [0.15, 0.2) is 0 Å². The van der Waals surface area contributed by atoms with Crippen LogP contribution in [0.1, 0.15) is 91.8 Å². The van der Waals surface area contributed by atoms with Crippen molar-refractivity contribution in [3.63, 3.8) is 0 Å². The van der Waals surface area contributed by atoms with E-state index in [1.165, 1.54) is 0 Å². The number of rotatable bonds is 11. The van der Waals surface area contributed by atoms with Crippen molar-refractivity contribution >= 4 is 17.9 Å². The van der Waals surface area contributed by atoms with Crippen molar-refractivity contribution in [1.82, 2.24) is 15.5 Å². The van der Waals surface area contributed by atoms with Gasteiger partial charge in [-0.2, -0.15) is 0 Å². The Bertz CT molecular complexity index is 816. The van der Waals surface area contributed by atoms with Crippen LogP contribution in [0.15, 0.2) is 24.3 Å². The van der Waals surface area contributed by atoms with E-state index in [1.807, 2.05) is 58.9 Å². The van der Waals surface area contributed by atoms with Crippen LogP contribution in [0, 0.1) is 12.8 Å². The van der Waals surface area contributed by atoms with Gasteiger partial charge in [-0.05, 0) is 58.9 Å². The molecule has 192 valence electrons. The zero-order valence-electron chi connectivity index (χ0n) is 22.5. The molecule has 0 aliphatic carbocycles. The number of aryl methyl sites for hydroxylation is 1. The summed E-state index contributed by atoms with van der Waals surface area (Å²) in [6.07, 6.45) is 1.82. The van der Waals surface area contributed by atoms with Crippen molar-refractivity contribution in [3.05, 3.63) is 35.4 Å². The molecule has 1 aromatic rings. The third-order valence-corrected chi connectivity index (χ3v) is 5.38. The summed E-state index contributed by atoms with van der Waals surface area (Å²) in [5.41, 5.74) is 1.08. The summed E-state index contributed by atoms with van der Waals surface area (Å²) >= 11 is 0. The van der Waals surface area contributed by atoms with Crippen LogP contribution in [-0.2, 0) is 14.3 Å². The van der Waals surface area contributed by atoms with Crippen LogP contribution in [-0.4, -0.2) is 47.0 Å². The molecule has 0 saturated heterocycles. The first kappa shape index (κ1) is 29.5. The molecule has 1 rings (SSSR count). The quantitative estimate of drug-likeness (QED) is 0.464. The summed E-state index contributed by atoms with van der Waals surface area (Å²) in [5.74, 6) is -0.708. The monoisotopic (exact) mass is 475 g/mol. The Morgan fingerprint density at radius 2 is 1.68 bits per heavy atom. The van der Waals surface area contributed by atoms with Gasteiger partial charge in [-0.1, -0.05) is 63.9 Å². The van der Waals surface area contributed by atoms with Crippen LogP contribution >= 0.6 is 0 Å². The molecule has 0 saturated carbocycles. The fraction of sp³-hybridized carbons (Fsp3) is 0.667. The molecule has 34 heavy (non-hydrogen) atoms. The minimum atomic E-state index is -0.824. The fourth-order valence-corrected chi connectivity index (χ4v) is 3.87. The van der Waals surface area contributed by atoms with Crippen molar-refractivity contribution in [1.29, 1.82) is 0 Å². The van der Waals surface area contributed by atoms with E-state index in [4.69, 9.17) is 4.74 Å². The largest absolute Gasteiger partial charge is 0.444 e. The van der Waals surface area contributed by atoms with E-state index in [0.717, 1.165) is 24.0 Å². The highest BCUT2D eigenvalue weighted by molar-refractivity contribution is 5.92. The Morgan fingerprint density at radius 1 is 1.03 bits per heavy atom. The van der Waals surface area contributed by atoms with Crippen molar-refractivity contribution in [2.24, 2.45) is 5.92 Å². The average Bonchev–Trinajstić information content (AvgIpc) is 2.70. The molecular formula is C27H45N3O4. The number of nitrogens with one attached hydrogen (secondary N) is 2. The number of amides is 3. The second-order valence-electron chi connectivity index (χ2n) is 10.4. The lowest BCUT2D eigenvalue weighted by Crippen LogP contribution is -2.55. The topological polar surface area (TPSA) is 87.7 Å². The Balaban J connectivity index is 3.39. The van der Waals surface area contributed by atoms with Crippen LogP contribution in [0.2, 0.25) is 0 Å². The minimum Gasteiger partial charge on any atom is -0.444 e. The number of hydrogen-bond acceptors (Lipinski definition) is 4. The number of carbonyl (C=O) groups is 3. The molecule has 2 N–H and O–H groups in total. The van der Waals surface area contributed by atoms with E-state index >= 15 is 0 Å². The highest BCUT2D eigenvalue weighted by Gasteiger charge is 2.37. The summed E-state index contributed by atoms with van der Waals surface area (Å²) in [4.78, 5) is 41.5. The van der Waals surface area contributed by atoms with Gasteiger partial charge in [0, 0.05) is 12.6 Å². The number of benzene rings is 1. The van der Waals surface area contributed by atoms with Crippen LogP contribution in [0.4, 0.5) is 4.79 Å². The highest BCUT2D eigenvalue weighted by atomic mass is 16.6. The first-order valence-electron chi connectivity index (χ1n) is 12.5. The van der Waals surface area contributed by atoms with Crippen LogP contribution < -0.4 is 10.6 Å². The van der Waals surface area contributed by atoms with E-state index in [2.05, 4.69) is 17.6 Å². The first-order valence-corrected chi connectivity index (χ1v) is 12.5. The molecule has 3 atom stereocenters. The second kappa shape index (κ2) is 13.4. The number of carbonyl (C=O) groups excluding carboxylic acids is 3. The summed E-state index contributed by atoms with van der Waals surface area (Å²) in [6, 6.07) is 6.05. The normalized spacial score (nSPS) is 14.2. The molecule has 7 heteroatoms. The summed E-state index contributed by atoms with van der Waals surface area (Å²) in [6.45, 7) is 17.4. The van der Waals surface area contributed by atoms with Gasteiger partial charge in [0.25, 0.3) is 0 Å². The van der Waals surface area contributed by atoms with Crippen molar-refractivity contribution in [2.45, 2.75) is 105 Å². The van der Waals surface area contributed by atoms with Crippen molar-refractivity contribution < 1.29 is 19.1 Å². The molecule has 0 aromatic heterocycles. The van der Waals surface area contributed by atoms with Gasteiger partial charge in [-0.25, -0.2) is 4.79 Å². The van der Waals surface area contributed by atoms with E-state index in [-0.39, 0.29) is 23.8 Å². The Labute approximate surface area is 206 Å². The standard InChI is InChI=1S/C27H45N3O4/c1-10-13-20(6)28-24(31)23(21-15-12-14-19(5)17-21)30(16-11-2)25(32)22(18(3)4)29-26(33)34-27(7,8)9/h12,14-15,17-18,20,22-23H,10-11,13,16H2,1-9H3,(H,28,31)(H,29,33). The van der Waals surface area contributed by atoms with Crippen molar-refractivity contribution in [2.75, 3.05) is 6.54 Å². The minimum absolute atomic E-state index is 0.0100. The van der Waals surface area contributed by atoms with Crippen molar-refractivity contribution in [3.8, 4) is 0 Å². The zero-order chi connectivity index (χ0) is 26.1. The summed E-state index contributed by atoms with van der Waals surface area (Å²) < 4.78 is 5.40. The molecule has 0 bridgehead atoms. The fourth-order valence-electron chi connectivity index (χ4n) is 3.87. The lowest BCUT2D eigenvalue weighted by atomic mass is 9.97. The van der Waals surface area contributed by atoms with Gasteiger partial charge in [0.05, 0.1) is 0 Å². The molecule has 0 heterocycles. The summed E-state index contributed by atoms with van der Waals surface area (Å²) in [5, 5.41) is 5.83. The van der Waals surface area contributed by atoms with E-state index in [9.17, 15) is 14.4 Å². The predicted molar refractivity (Wildman–Crippen MR) is 136 cm³/mol. The lowest BCUT2D eigenvalue weighted by molar-refractivity contribution is -0.143. The molecule has 7 nitrogen and oxygen atoms in total. The van der Waals surface area contributed by atoms with Gasteiger partial charge in [-0.15, -0.1) is 0 Å². The van der Waals surface area contributed by atoms with Gasteiger partial charge in [-0.3, -0.25) is 9.59 Å². The number of ether oxygens (including phenoxy) is 1. The number of nitrogens with zero attached hydrogens (tertiary/aromatic N) is 1. The van der Waals surface area contributed by atoms with Crippen LogP contribution in [0.3, 0.4) is 0 Å². The van der Waals surface area contributed by atoms with Gasteiger partial charge >= 0.3 is 6.09 Å². The van der Waals surface area contributed by atoms with E-state index in [1.54, 1.807) is 25.7 Å². The lowest BCUT2D eigenvalue weighted by Gasteiger charge is -2.36. The molecular weight excluding hydrogens is 430 g/mol. The van der Waals surface area contributed by atoms with Gasteiger partial charge < -0.3 is 20.3 Å². The Kier molecular flexibility index (Phi) is 11.6. The maximum Gasteiger partial charge on any atom is 0.408 e. The molecule has 0 aliphatic rings. The average molecular weight is 476 g/mol. The smallest absolute Gasteiger partial charge is 0.408 e. The molecule has 1 aromatic carbocycles. The molecule has 0 radical (unpaired) electrons. The molecule has 3 unspecified atom stereocenters. The number of hydrogen-bond donors (Lipinski definition) is 2. The molecule has 0 aliphatic heterocycles. The molecule has 3 amide bonds. The third kappa shape index (κ3) is 9.35.